The fourth-order valence-corrected chi connectivity index (χ4v) is 2.69. The Labute approximate surface area is 161 Å². The highest BCUT2D eigenvalue weighted by Crippen LogP contribution is 2.24. The van der Waals surface area contributed by atoms with Gasteiger partial charge in [-0.2, -0.15) is 5.10 Å². The molecule has 0 radical (unpaired) electrons. The molecule has 0 spiro atoms. The molecule has 3 rings (SSSR count). The second-order valence-corrected chi connectivity index (χ2v) is 6.06. The van der Waals surface area contributed by atoms with Crippen molar-refractivity contribution in [3.8, 4) is 0 Å². The van der Waals surface area contributed by atoms with Crippen LogP contribution in [0.3, 0.4) is 0 Å². The van der Waals surface area contributed by atoms with Crippen LogP contribution in [0.25, 0.3) is 10.8 Å². The number of nitrogens with zero attached hydrogens (tertiary/aromatic N) is 3. The van der Waals surface area contributed by atoms with E-state index < -0.39 is 22.4 Å². The summed E-state index contributed by atoms with van der Waals surface area (Å²) in [4.78, 5) is 46.9. The number of nitro groups is 1. The molecule has 1 aromatic heterocycles. The lowest BCUT2D eigenvalue weighted by atomic mass is 10.1. The fourth-order valence-electron chi connectivity index (χ4n) is 2.51. The molecular weight excluding hydrogens is 390 g/mol. The van der Waals surface area contributed by atoms with Gasteiger partial charge in [-0.05, 0) is 18.2 Å². The minimum absolute atomic E-state index is 0.0694. The number of aryl methyl sites for hydroxylation is 1. The first kappa shape index (κ1) is 19.0. The van der Waals surface area contributed by atoms with Gasteiger partial charge in [-0.1, -0.05) is 29.8 Å². The Morgan fingerprint density at radius 3 is 2.43 bits per heavy atom. The Morgan fingerprint density at radius 2 is 1.75 bits per heavy atom. The van der Waals surface area contributed by atoms with Crippen LogP contribution in [0.5, 0.6) is 0 Å². The van der Waals surface area contributed by atoms with Crippen LogP contribution in [0.2, 0.25) is 5.02 Å². The number of hydrogen-bond acceptors (Lipinski definition) is 6. The molecule has 0 atom stereocenters. The molecule has 10 nitrogen and oxygen atoms in total. The third-order valence-electron chi connectivity index (χ3n) is 3.87. The number of carbonyl (C=O) groups is 2. The first-order chi connectivity index (χ1) is 13.3. The van der Waals surface area contributed by atoms with E-state index in [9.17, 15) is 24.5 Å². The van der Waals surface area contributed by atoms with Crippen LogP contribution >= 0.6 is 11.6 Å². The van der Waals surface area contributed by atoms with Crippen molar-refractivity contribution in [2.45, 2.75) is 0 Å². The zero-order valence-electron chi connectivity index (χ0n) is 14.3. The number of hydrogen-bond donors (Lipinski definition) is 2. The third kappa shape index (κ3) is 3.53. The maximum atomic E-state index is 12.5. The fraction of sp³-hybridized carbons (Fsp3) is 0.0588. The van der Waals surface area contributed by atoms with Gasteiger partial charge in [-0.3, -0.25) is 35.3 Å². The van der Waals surface area contributed by atoms with E-state index in [1.807, 2.05) is 0 Å². The van der Waals surface area contributed by atoms with Crippen molar-refractivity contribution in [3.05, 3.63) is 79.2 Å². The molecule has 0 saturated carbocycles. The molecule has 0 unspecified atom stereocenters. The molecule has 0 aliphatic heterocycles. The zero-order chi connectivity index (χ0) is 20.4. The highest BCUT2D eigenvalue weighted by atomic mass is 35.5. The van der Waals surface area contributed by atoms with E-state index in [0.717, 1.165) is 10.7 Å². The Bertz CT molecular complexity index is 1190. The van der Waals surface area contributed by atoms with Gasteiger partial charge in [0.2, 0.25) is 0 Å². The molecular formula is C17H12ClN5O5. The van der Waals surface area contributed by atoms with E-state index in [2.05, 4.69) is 16.0 Å². The second-order valence-electron chi connectivity index (χ2n) is 5.65. The predicted octanol–water partition coefficient (Wildman–Crippen LogP) is 1.57. The average Bonchev–Trinajstić information content (AvgIpc) is 2.68. The lowest BCUT2D eigenvalue weighted by molar-refractivity contribution is -0.384. The monoisotopic (exact) mass is 401 g/mol. The molecule has 2 N–H and O–H groups in total. The van der Waals surface area contributed by atoms with Crippen LogP contribution in [0.4, 0.5) is 5.69 Å². The summed E-state index contributed by atoms with van der Waals surface area (Å²) in [5, 5.41) is 15.3. The Kier molecular flexibility index (Phi) is 5.05. The van der Waals surface area contributed by atoms with E-state index >= 15 is 0 Å². The van der Waals surface area contributed by atoms with Crippen molar-refractivity contribution in [1.29, 1.82) is 0 Å². The van der Waals surface area contributed by atoms with Gasteiger partial charge < -0.3 is 0 Å². The summed E-state index contributed by atoms with van der Waals surface area (Å²) >= 11 is 5.71. The SMILES string of the molecule is Cn1nc(C(=O)NNC(=O)c2ccc(Cl)c([N+](=O)[O-])c2)c2ccccc2c1=O. The maximum Gasteiger partial charge on any atom is 0.290 e. The van der Waals surface area contributed by atoms with Gasteiger partial charge in [0.15, 0.2) is 5.69 Å². The number of benzene rings is 2. The Hall–Kier alpha value is -3.79. The van der Waals surface area contributed by atoms with Crippen LogP contribution in [-0.4, -0.2) is 26.5 Å². The molecule has 3 aromatic rings. The zero-order valence-corrected chi connectivity index (χ0v) is 15.1. The molecule has 11 heteroatoms. The normalized spacial score (nSPS) is 10.5. The first-order valence-electron chi connectivity index (χ1n) is 7.80. The number of fused-ring (bicyclic) bond motifs is 1. The van der Waals surface area contributed by atoms with E-state index in [-0.39, 0.29) is 21.8 Å². The highest BCUT2D eigenvalue weighted by molar-refractivity contribution is 6.32. The number of carbonyl (C=O) groups excluding carboxylic acids is 2. The van der Waals surface area contributed by atoms with Crippen LogP contribution in [-0.2, 0) is 7.05 Å². The molecule has 0 saturated heterocycles. The van der Waals surface area contributed by atoms with Crippen LogP contribution in [0.1, 0.15) is 20.8 Å². The van der Waals surface area contributed by atoms with E-state index in [1.165, 1.54) is 19.2 Å². The molecule has 2 aromatic carbocycles. The first-order valence-corrected chi connectivity index (χ1v) is 8.18. The van der Waals surface area contributed by atoms with Gasteiger partial charge in [0.25, 0.3) is 23.1 Å². The Morgan fingerprint density at radius 1 is 1.11 bits per heavy atom. The van der Waals surface area contributed by atoms with Gasteiger partial charge in [-0.25, -0.2) is 4.68 Å². The van der Waals surface area contributed by atoms with Gasteiger partial charge >= 0.3 is 0 Å². The summed E-state index contributed by atoms with van der Waals surface area (Å²) in [6.45, 7) is 0. The summed E-state index contributed by atoms with van der Waals surface area (Å²) in [6, 6.07) is 9.88. The summed E-state index contributed by atoms with van der Waals surface area (Å²) in [5.41, 5.74) is 3.38. The topological polar surface area (TPSA) is 136 Å². The molecule has 0 aliphatic carbocycles. The number of nitrogens with one attached hydrogen (secondary N) is 2. The van der Waals surface area contributed by atoms with Crippen LogP contribution < -0.4 is 16.4 Å². The molecule has 28 heavy (non-hydrogen) atoms. The van der Waals surface area contributed by atoms with Gasteiger partial charge in [0, 0.05) is 24.1 Å². The third-order valence-corrected chi connectivity index (χ3v) is 4.19. The number of hydrazine groups is 1. The summed E-state index contributed by atoms with van der Waals surface area (Å²) < 4.78 is 1.02. The molecule has 2 amide bonds. The van der Waals surface area contributed by atoms with Crippen LogP contribution in [0.15, 0.2) is 47.3 Å². The van der Waals surface area contributed by atoms with Crippen molar-refractivity contribution < 1.29 is 14.5 Å². The molecule has 0 bridgehead atoms. The van der Waals surface area contributed by atoms with Crippen molar-refractivity contribution in [2.75, 3.05) is 0 Å². The Balaban J connectivity index is 1.84. The van der Waals surface area contributed by atoms with Crippen molar-refractivity contribution in [1.82, 2.24) is 20.6 Å². The molecule has 0 aliphatic rings. The highest BCUT2D eigenvalue weighted by Gasteiger charge is 2.19. The summed E-state index contributed by atoms with van der Waals surface area (Å²) in [6.07, 6.45) is 0. The number of nitro benzene ring substituents is 1. The minimum Gasteiger partial charge on any atom is -0.267 e. The quantitative estimate of drug-likeness (QED) is 0.505. The lowest BCUT2D eigenvalue weighted by Gasteiger charge is -2.10. The van der Waals surface area contributed by atoms with E-state index in [1.54, 1.807) is 24.3 Å². The lowest BCUT2D eigenvalue weighted by Crippen LogP contribution is -2.42. The maximum absolute atomic E-state index is 12.5. The summed E-state index contributed by atoms with van der Waals surface area (Å²) in [7, 11) is 1.40. The largest absolute Gasteiger partial charge is 0.290 e. The molecule has 142 valence electrons. The van der Waals surface area contributed by atoms with E-state index in [0.29, 0.717) is 10.8 Å². The van der Waals surface area contributed by atoms with Crippen LogP contribution in [0, 0.1) is 10.1 Å². The molecule has 0 fully saturated rings. The number of amides is 2. The standard InChI is InChI=1S/C17H12ClN5O5/c1-22-17(26)11-5-3-2-4-10(11)14(21-22)16(25)20-19-15(24)9-6-7-12(18)13(8-9)23(27)28/h2-8H,1H3,(H,19,24)(H,20,25). The smallest absolute Gasteiger partial charge is 0.267 e. The number of halogens is 1. The average molecular weight is 402 g/mol. The molecule has 1 heterocycles. The van der Waals surface area contributed by atoms with Crippen molar-refractivity contribution in [3.63, 3.8) is 0 Å². The number of aromatic nitrogens is 2. The van der Waals surface area contributed by atoms with Crippen molar-refractivity contribution >= 4 is 39.9 Å². The van der Waals surface area contributed by atoms with Crippen molar-refractivity contribution in [2.24, 2.45) is 7.05 Å². The van der Waals surface area contributed by atoms with E-state index in [4.69, 9.17) is 11.6 Å². The number of rotatable bonds is 3. The van der Waals surface area contributed by atoms with Gasteiger partial charge in [0.05, 0.1) is 10.3 Å². The minimum atomic E-state index is -0.790. The summed E-state index contributed by atoms with van der Waals surface area (Å²) in [5.74, 6) is -1.55. The van der Waals surface area contributed by atoms with Gasteiger partial charge in [0.1, 0.15) is 5.02 Å². The van der Waals surface area contributed by atoms with Gasteiger partial charge in [-0.15, -0.1) is 0 Å². The predicted molar refractivity (Wildman–Crippen MR) is 100 cm³/mol. The second kappa shape index (κ2) is 7.45.